The van der Waals surface area contributed by atoms with Gasteiger partial charge >= 0.3 is 0 Å². The lowest BCUT2D eigenvalue weighted by Gasteiger charge is -2.44. The zero-order chi connectivity index (χ0) is 15.8. The fraction of sp³-hybridized carbons (Fsp3) is 0.588. The van der Waals surface area contributed by atoms with Gasteiger partial charge in [0, 0.05) is 31.1 Å². The molecule has 2 aromatic rings. The summed E-state index contributed by atoms with van der Waals surface area (Å²) in [7, 11) is 2.19. The molecule has 3 heterocycles. The molecule has 5 nitrogen and oxygen atoms in total. The first-order valence-corrected chi connectivity index (χ1v) is 9.28. The topological polar surface area (TPSA) is 45.2 Å². The molecular weight excluding hydrogens is 306 g/mol. The van der Waals surface area contributed by atoms with Crippen LogP contribution < -0.4 is 4.90 Å². The van der Waals surface area contributed by atoms with E-state index in [1.165, 1.54) is 29.8 Å². The number of fused-ring (bicyclic) bond motifs is 1. The Kier molecular flexibility index (Phi) is 4.03. The molecule has 0 saturated carbocycles. The van der Waals surface area contributed by atoms with Crippen LogP contribution in [0.4, 0.5) is 5.82 Å². The van der Waals surface area contributed by atoms with Crippen LogP contribution in [-0.4, -0.2) is 46.3 Å². The number of aromatic nitrogens is 3. The Morgan fingerprint density at radius 1 is 1.26 bits per heavy atom. The second kappa shape index (κ2) is 6.17. The third-order valence-corrected chi connectivity index (χ3v) is 5.77. The second-order valence-corrected chi connectivity index (χ2v) is 7.78. The standard InChI is InChI=1S/C17H23N5S/c1-12-18-14(11-23-12)8-21(2)15-9-22(10-15)17-7-13-5-3-4-6-16(13)19-20-17/h7,11,15H,3-6,8-10H2,1-2H3. The lowest BCUT2D eigenvalue weighted by atomic mass is 9.96. The molecule has 0 bridgehead atoms. The van der Waals surface area contributed by atoms with Crippen molar-refractivity contribution in [1.29, 1.82) is 0 Å². The van der Waals surface area contributed by atoms with Gasteiger partial charge < -0.3 is 4.90 Å². The van der Waals surface area contributed by atoms with E-state index in [9.17, 15) is 0 Å². The Bertz CT molecular complexity index is 692. The van der Waals surface area contributed by atoms with Gasteiger partial charge in [-0.3, -0.25) is 4.90 Å². The first kappa shape index (κ1) is 15.0. The van der Waals surface area contributed by atoms with Crippen molar-refractivity contribution in [3.05, 3.63) is 33.4 Å². The Hall–Kier alpha value is -1.53. The highest BCUT2D eigenvalue weighted by Gasteiger charge is 2.31. The first-order chi connectivity index (χ1) is 11.2. The smallest absolute Gasteiger partial charge is 0.151 e. The van der Waals surface area contributed by atoms with E-state index in [-0.39, 0.29) is 0 Å². The van der Waals surface area contributed by atoms with Crippen LogP contribution in [0.3, 0.4) is 0 Å². The summed E-state index contributed by atoms with van der Waals surface area (Å²) in [5.74, 6) is 1.06. The molecule has 0 N–H and O–H groups in total. The lowest BCUT2D eigenvalue weighted by molar-refractivity contribution is 0.195. The average Bonchev–Trinajstić information content (AvgIpc) is 2.90. The summed E-state index contributed by atoms with van der Waals surface area (Å²) in [4.78, 5) is 9.30. The molecule has 0 spiro atoms. The molecule has 23 heavy (non-hydrogen) atoms. The van der Waals surface area contributed by atoms with Gasteiger partial charge in [0.05, 0.1) is 16.4 Å². The predicted octanol–water partition coefficient (Wildman–Crippen LogP) is 2.44. The minimum atomic E-state index is 0.579. The molecule has 4 rings (SSSR count). The van der Waals surface area contributed by atoms with Crippen LogP contribution in [-0.2, 0) is 19.4 Å². The Balaban J connectivity index is 1.35. The van der Waals surface area contributed by atoms with Crippen molar-refractivity contribution < 1.29 is 0 Å². The third-order valence-electron chi connectivity index (χ3n) is 4.94. The van der Waals surface area contributed by atoms with E-state index >= 15 is 0 Å². The molecule has 1 saturated heterocycles. The van der Waals surface area contributed by atoms with E-state index in [4.69, 9.17) is 0 Å². The average molecular weight is 329 g/mol. The highest BCUT2D eigenvalue weighted by Crippen LogP contribution is 2.26. The molecule has 1 aliphatic heterocycles. The number of nitrogens with zero attached hydrogens (tertiary/aromatic N) is 5. The van der Waals surface area contributed by atoms with Gasteiger partial charge in [0.1, 0.15) is 0 Å². The maximum Gasteiger partial charge on any atom is 0.151 e. The second-order valence-electron chi connectivity index (χ2n) is 6.71. The summed E-state index contributed by atoms with van der Waals surface area (Å²) in [6, 6.07) is 2.84. The highest BCUT2D eigenvalue weighted by molar-refractivity contribution is 7.09. The van der Waals surface area contributed by atoms with E-state index in [1.807, 2.05) is 0 Å². The van der Waals surface area contributed by atoms with Crippen LogP contribution >= 0.6 is 11.3 Å². The Morgan fingerprint density at radius 3 is 2.87 bits per heavy atom. The number of anilines is 1. The number of aryl methyl sites for hydroxylation is 3. The highest BCUT2D eigenvalue weighted by atomic mass is 32.1. The van der Waals surface area contributed by atoms with Crippen molar-refractivity contribution >= 4 is 17.2 Å². The number of hydrogen-bond acceptors (Lipinski definition) is 6. The third kappa shape index (κ3) is 3.10. The number of likely N-dealkylation sites (N-methyl/N-ethyl adjacent to an activating group) is 1. The van der Waals surface area contributed by atoms with Crippen LogP contribution in [0, 0.1) is 6.92 Å². The van der Waals surface area contributed by atoms with E-state index in [0.717, 1.165) is 43.3 Å². The summed E-state index contributed by atoms with van der Waals surface area (Å²) >= 11 is 1.73. The van der Waals surface area contributed by atoms with Crippen molar-refractivity contribution in [2.24, 2.45) is 0 Å². The predicted molar refractivity (Wildman–Crippen MR) is 93.0 cm³/mol. The number of thiazole rings is 1. The fourth-order valence-electron chi connectivity index (χ4n) is 3.42. The maximum atomic E-state index is 4.56. The van der Waals surface area contributed by atoms with Crippen LogP contribution in [0.5, 0.6) is 0 Å². The van der Waals surface area contributed by atoms with E-state index in [2.05, 4.69) is 50.4 Å². The number of rotatable bonds is 4. The molecule has 6 heteroatoms. The van der Waals surface area contributed by atoms with Crippen molar-refractivity contribution in [2.45, 2.75) is 45.2 Å². The minimum Gasteiger partial charge on any atom is -0.352 e. The maximum absolute atomic E-state index is 4.56. The summed E-state index contributed by atoms with van der Waals surface area (Å²) in [5, 5.41) is 12.2. The summed E-state index contributed by atoms with van der Waals surface area (Å²) in [5.41, 5.74) is 3.81. The van der Waals surface area contributed by atoms with Crippen molar-refractivity contribution in [2.75, 3.05) is 25.0 Å². The van der Waals surface area contributed by atoms with Gasteiger partial charge in [-0.25, -0.2) is 4.98 Å². The van der Waals surface area contributed by atoms with Gasteiger partial charge in [-0.05, 0) is 51.3 Å². The zero-order valence-electron chi connectivity index (χ0n) is 13.8. The molecule has 1 aliphatic carbocycles. The largest absolute Gasteiger partial charge is 0.352 e. The molecule has 0 atom stereocenters. The van der Waals surface area contributed by atoms with Crippen LogP contribution in [0.2, 0.25) is 0 Å². The van der Waals surface area contributed by atoms with Gasteiger partial charge in [0.25, 0.3) is 0 Å². The zero-order valence-corrected chi connectivity index (χ0v) is 14.6. The van der Waals surface area contributed by atoms with Gasteiger partial charge in [-0.1, -0.05) is 0 Å². The van der Waals surface area contributed by atoms with Crippen molar-refractivity contribution in [1.82, 2.24) is 20.1 Å². The SMILES string of the molecule is Cc1nc(CN(C)C2CN(c3cc4c(nn3)CCCC4)C2)cs1. The quantitative estimate of drug-likeness (QED) is 0.862. The van der Waals surface area contributed by atoms with E-state index in [0.29, 0.717) is 6.04 Å². The molecule has 0 aromatic carbocycles. The molecular formula is C17H23N5S. The van der Waals surface area contributed by atoms with Crippen molar-refractivity contribution in [3.63, 3.8) is 0 Å². The van der Waals surface area contributed by atoms with E-state index in [1.54, 1.807) is 11.3 Å². The fourth-order valence-corrected chi connectivity index (χ4v) is 4.02. The Labute approximate surface area is 141 Å². The van der Waals surface area contributed by atoms with Crippen molar-refractivity contribution in [3.8, 4) is 0 Å². The van der Waals surface area contributed by atoms with Crippen LogP contribution in [0.1, 0.15) is 34.8 Å². The monoisotopic (exact) mass is 329 g/mol. The molecule has 2 aromatic heterocycles. The van der Waals surface area contributed by atoms with Gasteiger partial charge in [0.15, 0.2) is 5.82 Å². The minimum absolute atomic E-state index is 0.579. The number of hydrogen-bond donors (Lipinski definition) is 0. The van der Waals surface area contributed by atoms with Crippen LogP contribution in [0.25, 0.3) is 0 Å². The summed E-state index contributed by atoms with van der Waals surface area (Å²) < 4.78 is 0. The molecule has 0 radical (unpaired) electrons. The lowest BCUT2D eigenvalue weighted by Crippen LogP contribution is -2.58. The van der Waals surface area contributed by atoms with Gasteiger partial charge in [-0.15, -0.1) is 16.4 Å². The molecule has 122 valence electrons. The first-order valence-electron chi connectivity index (χ1n) is 8.41. The Morgan fingerprint density at radius 2 is 2.09 bits per heavy atom. The summed E-state index contributed by atoms with van der Waals surface area (Å²) in [6.07, 6.45) is 4.81. The van der Waals surface area contributed by atoms with Gasteiger partial charge in [-0.2, -0.15) is 5.10 Å². The summed E-state index contributed by atoms with van der Waals surface area (Å²) in [6.45, 7) is 5.06. The molecule has 0 unspecified atom stereocenters. The van der Waals surface area contributed by atoms with Gasteiger partial charge in [0.2, 0.25) is 0 Å². The molecule has 0 amide bonds. The molecule has 2 aliphatic rings. The normalized spacial score (nSPS) is 18.1. The van der Waals surface area contributed by atoms with Crippen LogP contribution in [0.15, 0.2) is 11.4 Å². The van der Waals surface area contributed by atoms with E-state index < -0.39 is 0 Å². The molecule has 1 fully saturated rings.